The summed E-state index contributed by atoms with van der Waals surface area (Å²) in [5, 5.41) is 4.32. The second kappa shape index (κ2) is 34.8. The van der Waals surface area contributed by atoms with Crippen LogP contribution in [0.3, 0.4) is 0 Å². The van der Waals surface area contributed by atoms with Crippen molar-refractivity contribution in [2.24, 2.45) is 0 Å². The molecule has 10 rings (SSSR count). The molecule has 0 saturated carbocycles. The lowest BCUT2D eigenvalue weighted by atomic mass is 9.92. The number of aryl methyl sites for hydroxylation is 2. The molecule has 0 unspecified atom stereocenters. The van der Waals surface area contributed by atoms with Crippen molar-refractivity contribution in [2.75, 3.05) is 13.2 Å². The first-order valence-electron chi connectivity index (χ1n) is 34.1. The third kappa shape index (κ3) is 18.2. The summed E-state index contributed by atoms with van der Waals surface area (Å²) in [7, 11) is 0. The lowest BCUT2D eigenvalue weighted by Crippen LogP contribution is -2.07. The minimum atomic E-state index is -0.917. The average molecular weight is 1270 g/mol. The van der Waals surface area contributed by atoms with E-state index in [0.717, 1.165) is 121 Å². The van der Waals surface area contributed by atoms with Gasteiger partial charge >= 0.3 is 11.9 Å². The van der Waals surface area contributed by atoms with Gasteiger partial charge in [0, 0.05) is 46.2 Å². The van der Waals surface area contributed by atoms with Gasteiger partial charge in [0.25, 0.3) is 0 Å². The van der Waals surface area contributed by atoms with Crippen molar-refractivity contribution in [3.63, 3.8) is 0 Å². The van der Waals surface area contributed by atoms with Gasteiger partial charge in [0.05, 0.1) is 13.2 Å². The first kappa shape index (κ1) is 67.9. The van der Waals surface area contributed by atoms with Gasteiger partial charge in [0.2, 0.25) is 0 Å². The predicted molar refractivity (Wildman–Crippen MR) is 375 cm³/mol. The SMILES string of the molecule is CCCCCCc1ccc(-c2ccc(-c3ccc(OC(=O)CCCCCCCOc4ccc5ccccc5c4-c4c(OCCCCCCCC(=O)Oc5ccc(-c6ccc(-c7ccc(CCCCCC)cc7)c(F)c6F)cc5)ccc5ccccc45)cc3)c(F)c2F)cc1. The Kier molecular flexibility index (Phi) is 25.1. The minimum Gasteiger partial charge on any atom is -0.493 e. The molecule has 10 aromatic rings. The number of esters is 2. The first-order valence-corrected chi connectivity index (χ1v) is 34.1. The molecule has 0 aliphatic heterocycles. The van der Waals surface area contributed by atoms with Crippen LogP contribution >= 0.6 is 0 Å². The van der Waals surface area contributed by atoms with E-state index < -0.39 is 23.3 Å². The van der Waals surface area contributed by atoms with E-state index in [2.05, 4.69) is 74.5 Å². The highest BCUT2D eigenvalue weighted by molar-refractivity contribution is 6.09. The normalized spacial score (nSPS) is 11.3. The first-order chi connectivity index (χ1) is 46.1. The molecule has 0 fully saturated rings. The summed E-state index contributed by atoms with van der Waals surface area (Å²) < 4.78 is 86.5. The summed E-state index contributed by atoms with van der Waals surface area (Å²) in [6.45, 7) is 5.40. The van der Waals surface area contributed by atoms with E-state index in [-0.39, 0.29) is 47.0 Å². The molecule has 6 nitrogen and oxygen atoms in total. The Balaban J connectivity index is 0.646. The van der Waals surface area contributed by atoms with Crippen molar-refractivity contribution in [1.29, 1.82) is 0 Å². The van der Waals surface area contributed by atoms with Crippen LogP contribution in [-0.2, 0) is 22.4 Å². The smallest absolute Gasteiger partial charge is 0.311 e. The highest BCUT2D eigenvalue weighted by atomic mass is 19.2. The topological polar surface area (TPSA) is 71.1 Å². The molecule has 0 heterocycles. The van der Waals surface area contributed by atoms with Crippen molar-refractivity contribution in [3.8, 4) is 78.6 Å². The second-order valence-electron chi connectivity index (χ2n) is 24.6. The molecule has 0 bridgehead atoms. The van der Waals surface area contributed by atoms with Crippen LogP contribution in [-0.4, -0.2) is 25.2 Å². The average Bonchev–Trinajstić information content (AvgIpc) is 0.800. The minimum absolute atomic E-state index is 0.140. The van der Waals surface area contributed by atoms with E-state index in [0.29, 0.717) is 59.8 Å². The molecule has 0 atom stereocenters. The molecule has 10 heteroatoms. The monoisotopic (exact) mass is 1270 g/mol. The Morgan fingerprint density at radius 3 is 1.00 bits per heavy atom. The van der Waals surface area contributed by atoms with Crippen molar-refractivity contribution in [3.05, 3.63) is 229 Å². The molecular formula is C84H86F4O6. The molecule has 0 radical (unpaired) electrons. The number of unbranched alkanes of at least 4 members (excludes halogenated alkanes) is 14. The summed E-state index contributed by atoms with van der Waals surface area (Å²) in [6.07, 6.45) is 20.2. The largest absolute Gasteiger partial charge is 0.493 e. The van der Waals surface area contributed by atoms with Crippen LogP contribution < -0.4 is 18.9 Å². The van der Waals surface area contributed by atoms with Crippen LogP contribution in [0.25, 0.3) is 77.2 Å². The van der Waals surface area contributed by atoms with Crippen LogP contribution in [0.5, 0.6) is 23.0 Å². The fraction of sp³-hybridized carbons (Fsp3) is 0.310. The Morgan fingerprint density at radius 2 is 0.638 bits per heavy atom. The number of benzene rings is 10. The van der Waals surface area contributed by atoms with Crippen molar-refractivity contribution >= 4 is 33.5 Å². The lowest BCUT2D eigenvalue weighted by molar-refractivity contribution is -0.135. The number of fused-ring (bicyclic) bond motifs is 2. The third-order valence-electron chi connectivity index (χ3n) is 17.7. The van der Waals surface area contributed by atoms with Gasteiger partial charge < -0.3 is 18.9 Å². The molecule has 0 N–H and O–H groups in total. The number of hydrogen-bond acceptors (Lipinski definition) is 6. The quantitative estimate of drug-likeness (QED) is 0.0171. The van der Waals surface area contributed by atoms with Crippen molar-refractivity contribution in [2.45, 2.75) is 155 Å². The number of halogens is 4. The Bertz CT molecular complexity index is 3820. The lowest BCUT2D eigenvalue weighted by Gasteiger charge is -2.20. The van der Waals surface area contributed by atoms with E-state index >= 15 is 17.6 Å². The molecule has 0 spiro atoms. The van der Waals surface area contributed by atoms with Crippen molar-refractivity contribution < 1.29 is 46.1 Å². The highest BCUT2D eigenvalue weighted by Gasteiger charge is 2.22. The van der Waals surface area contributed by atoms with Crippen LogP contribution in [0.1, 0.15) is 153 Å². The molecule has 94 heavy (non-hydrogen) atoms. The molecule has 0 aliphatic rings. The van der Waals surface area contributed by atoms with E-state index in [1.165, 1.54) is 49.7 Å². The zero-order valence-electron chi connectivity index (χ0n) is 54.4. The molecule has 486 valence electrons. The molecule has 0 aromatic heterocycles. The second-order valence-corrected chi connectivity index (χ2v) is 24.6. The molecule has 10 aromatic carbocycles. The van der Waals surface area contributed by atoms with E-state index in [1.807, 2.05) is 60.7 Å². The van der Waals surface area contributed by atoms with Crippen LogP contribution in [0.15, 0.2) is 194 Å². The van der Waals surface area contributed by atoms with Crippen molar-refractivity contribution in [1.82, 2.24) is 0 Å². The molecule has 0 saturated heterocycles. The maximum absolute atomic E-state index is 15.5. The van der Waals surface area contributed by atoms with Crippen LogP contribution in [0.4, 0.5) is 17.6 Å². The Morgan fingerprint density at radius 1 is 0.319 bits per heavy atom. The molecular weight excluding hydrogens is 1180 g/mol. The predicted octanol–water partition coefficient (Wildman–Crippen LogP) is 23.8. The maximum atomic E-state index is 15.5. The Labute approximate surface area is 552 Å². The van der Waals surface area contributed by atoms with Gasteiger partial charge in [-0.1, -0.05) is 249 Å². The van der Waals surface area contributed by atoms with E-state index in [4.69, 9.17) is 18.9 Å². The standard InChI is InChI=1S/C84H86F4O6/c1-3-5-7-15-25-59-33-37-63(38-34-59)71-51-53-73(83(87)81(71)85)65-41-47-67(48-42-65)93-77(89)31-17-11-9-13-23-57-91-75-55-45-61-27-19-21-29-69(61)79(75)80-70-30-22-20-28-62(70)46-56-76(80)92-58-24-14-10-12-18-32-78(90)94-68-49-43-66(44-50-68)74-54-52-72(82(86)84(74)88)64-39-35-60(36-40-64)26-16-8-6-4-2/h19-22,27-30,33-56H,3-18,23-26,31-32,57-58H2,1-2H3. The number of ether oxygens (including phenoxy) is 4. The number of carbonyl (C=O) groups excluding carboxylic acids is 2. The molecule has 0 amide bonds. The Hall–Kier alpha value is -9.02. The van der Waals surface area contributed by atoms with E-state index in [1.54, 1.807) is 72.8 Å². The van der Waals surface area contributed by atoms with Gasteiger partial charge in [-0.3, -0.25) is 9.59 Å². The van der Waals surface area contributed by atoms with E-state index in [9.17, 15) is 9.59 Å². The van der Waals surface area contributed by atoms with Crippen LogP contribution in [0.2, 0.25) is 0 Å². The van der Waals surface area contributed by atoms with Gasteiger partial charge in [-0.05, 0) is 143 Å². The van der Waals surface area contributed by atoms with Crippen LogP contribution in [0, 0.1) is 23.3 Å². The number of rotatable bonds is 35. The zero-order valence-corrected chi connectivity index (χ0v) is 54.4. The maximum Gasteiger partial charge on any atom is 0.311 e. The molecule has 0 aliphatic carbocycles. The number of carbonyl (C=O) groups is 2. The summed E-state index contributed by atoms with van der Waals surface area (Å²) in [5.41, 5.74) is 7.30. The van der Waals surface area contributed by atoms with Gasteiger partial charge in [0.15, 0.2) is 23.3 Å². The summed E-state index contributed by atoms with van der Waals surface area (Å²) in [6, 6.07) is 59.8. The highest BCUT2D eigenvalue weighted by Crippen LogP contribution is 2.46. The summed E-state index contributed by atoms with van der Waals surface area (Å²) in [5.74, 6) is -2.04. The van der Waals surface area contributed by atoms with Gasteiger partial charge in [-0.2, -0.15) is 0 Å². The summed E-state index contributed by atoms with van der Waals surface area (Å²) >= 11 is 0. The number of hydrogen-bond donors (Lipinski definition) is 0. The third-order valence-corrected chi connectivity index (χ3v) is 17.7. The van der Waals surface area contributed by atoms with Gasteiger partial charge in [0.1, 0.15) is 23.0 Å². The summed E-state index contributed by atoms with van der Waals surface area (Å²) in [4.78, 5) is 25.7. The fourth-order valence-electron chi connectivity index (χ4n) is 12.4. The zero-order chi connectivity index (χ0) is 65.4. The fourth-order valence-corrected chi connectivity index (χ4v) is 12.4. The van der Waals surface area contributed by atoms with Gasteiger partial charge in [-0.15, -0.1) is 0 Å². The van der Waals surface area contributed by atoms with Gasteiger partial charge in [-0.25, -0.2) is 17.6 Å².